The van der Waals surface area contributed by atoms with Crippen molar-refractivity contribution in [3.05, 3.63) is 65.2 Å². The molecule has 1 unspecified atom stereocenters. The molecular weight excluding hydrogens is 380 g/mol. The Morgan fingerprint density at radius 3 is 2.40 bits per heavy atom. The van der Waals surface area contributed by atoms with Gasteiger partial charge in [-0.15, -0.1) is 0 Å². The number of likely N-dealkylation sites (tertiary alicyclic amines) is 1. The maximum atomic E-state index is 13.0. The Morgan fingerprint density at radius 2 is 1.73 bits per heavy atom. The summed E-state index contributed by atoms with van der Waals surface area (Å²) >= 11 is 0. The number of nitrogens with zero attached hydrogens (tertiary/aromatic N) is 1. The third kappa shape index (κ3) is 4.82. The van der Waals surface area contributed by atoms with Crippen LogP contribution in [0.5, 0.6) is 5.75 Å². The average Bonchev–Trinajstić information content (AvgIpc) is 3.45. The van der Waals surface area contributed by atoms with E-state index in [2.05, 4.69) is 5.32 Å². The van der Waals surface area contributed by atoms with Crippen molar-refractivity contribution in [1.82, 2.24) is 10.2 Å². The predicted octanol–water partition coefficient (Wildman–Crippen LogP) is 3.71. The van der Waals surface area contributed by atoms with Crippen LogP contribution < -0.4 is 10.1 Å². The number of benzene rings is 2. The molecule has 158 valence electrons. The SMILES string of the molecule is O=C(O)c1ccc(COc2ccc(C(=O)N3CCCC3C[C@@H]3CCCN3)cc2)cc1. The van der Waals surface area contributed by atoms with Crippen LogP contribution in [-0.4, -0.2) is 47.1 Å². The van der Waals surface area contributed by atoms with Crippen LogP contribution in [0.25, 0.3) is 0 Å². The van der Waals surface area contributed by atoms with Gasteiger partial charge in [-0.05, 0) is 80.6 Å². The highest BCUT2D eigenvalue weighted by Crippen LogP contribution is 2.26. The van der Waals surface area contributed by atoms with E-state index < -0.39 is 5.97 Å². The third-order valence-corrected chi connectivity index (χ3v) is 6.06. The molecule has 0 spiro atoms. The van der Waals surface area contributed by atoms with E-state index in [-0.39, 0.29) is 11.5 Å². The third-order valence-electron chi connectivity index (χ3n) is 6.06. The van der Waals surface area contributed by atoms with Crippen molar-refractivity contribution < 1.29 is 19.4 Å². The molecule has 0 bridgehead atoms. The minimum absolute atomic E-state index is 0.103. The molecule has 2 N–H and O–H groups in total. The van der Waals surface area contributed by atoms with Crippen LogP contribution in [0.1, 0.15) is 58.4 Å². The summed E-state index contributed by atoms with van der Waals surface area (Å²) in [6.07, 6.45) is 5.66. The summed E-state index contributed by atoms with van der Waals surface area (Å²) in [5.74, 6) is -0.157. The first kappa shape index (κ1) is 20.4. The van der Waals surface area contributed by atoms with Crippen molar-refractivity contribution in [3.8, 4) is 5.75 Å². The van der Waals surface area contributed by atoms with E-state index >= 15 is 0 Å². The van der Waals surface area contributed by atoms with Gasteiger partial charge in [0.15, 0.2) is 0 Å². The summed E-state index contributed by atoms with van der Waals surface area (Å²) in [6, 6.07) is 14.8. The number of nitrogens with one attached hydrogen (secondary N) is 1. The van der Waals surface area contributed by atoms with Gasteiger partial charge in [0.05, 0.1) is 5.56 Å². The van der Waals surface area contributed by atoms with E-state index in [1.165, 1.54) is 12.8 Å². The molecule has 2 aliphatic rings. The molecule has 2 heterocycles. The Labute approximate surface area is 176 Å². The fourth-order valence-electron chi connectivity index (χ4n) is 4.40. The zero-order valence-corrected chi connectivity index (χ0v) is 17.0. The van der Waals surface area contributed by atoms with Crippen LogP contribution in [0.3, 0.4) is 0 Å². The van der Waals surface area contributed by atoms with Crippen molar-refractivity contribution in [1.29, 1.82) is 0 Å². The van der Waals surface area contributed by atoms with E-state index in [1.54, 1.807) is 24.3 Å². The molecule has 2 aromatic carbocycles. The van der Waals surface area contributed by atoms with E-state index in [4.69, 9.17) is 9.84 Å². The fourth-order valence-corrected chi connectivity index (χ4v) is 4.40. The normalized spacial score (nSPS) is 21.0. The van der Waals surface area contributed by atoms with Crippen LogP contribution in [0.2, 0.25) is 0 Å². The summed E-state index contributed by atoms with van der Waals surface area (Å²) in [7, 11) is 0. The maximum absolute atomic E-state index is 13.0. The quantitative estimate of drug-likeness (QED) is 0.730. The van der Waals surface area contributed by atoms with Crippen molar-refractivity contribution in [2.24, 2.45) is 0 Å². The Morgan fingerprint density at radius 1 is 1.00 bits per heavy atom. The van der Waals surface area contributed by atoms with E-state index in [1.807, 2.05) is 29.2 Å². The number of carboxylic acid groups (broad SMARTS) is 1. The number of hydrogen-bond acceptors (Lipinski definition) is 4. The number of carboxylic acids is 1. The lowest BCUT2D eigenvalue weighted by Crippen LogP contribution is -2.39. The lowest BCUT2D eigenvalue weighted by Gasteiger charge is -2.27. The predicted molar refractivity (Wildman–Crippen MR) is 114 cm³/mol. The van der Waals surface area contributed by atoms with Gasteiger partial charge in [0.1, 0.15) is 12.4 Å². The van der Waals surface area contributed by atoms with E-state index in [0.29, 0.717) is 30.0 Å². The summed E-state index contributed by atoms with van der Waals surface area (Å²) in [6.45, 7) is 2.27. The monoisotopic (exact) mass is 408 g/mol. The second-order valence-corrected chi connectivity index (χ2v) is 8.14. The molecule has 0 aliphatic carbocycles. The zero-order valence-electron chi connectivity index (χ0n) is 17.0. The van der Waals surface area contributed by atoms with Gasteiger partial charge in [0.2, 0.25) is 0 Å². The van der Waals surface area contributed by atoms with Gasteiger partial charge in [-0.1, -0.05) is 12.1 Å². The summed E-state index contributed by atoms with van der Waals surface area (Å²) in [5.41, 5.74) is 1.84. The summed E-state index contributed by atoms with van der Waals surface area (Å²) in [4.78, 5) is 26.0. The minimum Gasteiger partial charge on any atom is -0.489 e. The maximum Gasteiger partial charge on any atom is 0.335 e. The van der Waals surface area contributed by atoms with Crippen molar-refractivity contribution in [3.63, 3.8) is 0 Å². The second-order valence-electron chi connectivity index (χ2n) is 8.14. The van der Waals surface area contributed by atoms with Gasteiger partial charge < -0.3 is 20.1 Å². The molecule has 0 saturated carbocycles. The summed E-state index contributed by atoms with van der Waals surface area (Å²) < 4.78 is 5.78. The van der Waals surface area contributed by atoms with Gasteiger partial charge in [-0.25, -0.2) is 4.79 Å². The highest BCUT2D eigenvalue weighted by Gasteiger charge is 2.31. The molecule has 4 rings (SSSR count). The van der Waals surface area contributed by atoms with Crippen LogP contribution in [0.15, 0.2) is 48.5 Å². The van der Waals surface area contributed by atoms with Crippen LogP contribution in [-0.2, 0) is 6.61 Å². The number of amides is 1. The van der Waals surface area contributed by atoms with Gasteiger partial charge >= 0.3 is 5.97 Å². The van der Waals surface area contributed by atoms with Crippen LogP contribution in [0, 0.1) is 0 Å². The number of carbonyl (C=O) groups excluding carboxylic acids is 1. The Kier molecular flexibility index (Phi) is 6.33. The Balaban J connectivity index is 1.33. The van der Waals surface area contributed by atoms with Crippen LogP contribution >= 0.6 is 0 Å². The molecule has 0 radical (unpaired) electrons. The minimum atomic E-state index is -0.942. The van der Waals surface area contributed by atoms with Gasteiger partial charge in [0.25, 0.3) is 5.91 Å². The highest BCUT2D eigenvalue weighted by atomic mass is 16.5. The Hall–Kier alpha value is -2.86. The number of aromatic carboxylic acids is 1. The molecule has 1 amide bonds. The van der Waals surface area contributed by atoms with Crippen molar-refractivity contribution in [2.75, 3.05) is 13.1 Å². The number of hydrogen-bond donors (Lipinski definition) is 2. The standard InChI is InChI=1S/C24H28N2O4/c27-23(26-14-2-4-21(26)15-20-3-1-13-25-20)18-9-11-22(12-10-18)30-16-17-5-7-19(8-6-17)24(28)29/h5-12,20-21,25H,1-4,13-16H2,(H,28,29)/t20-,21?/m0/s1. The largest absolute Gasteiger partial charge is 0.489 e. The molecule has 6 heteroatoms. The first-order valence-corrected chi connectivity index (χ1v) is 10.7. The van der Waals surface area contributed by atoms with Crippen molar-refractivity contribution >= 4 is 11.9 Å². The molecule has 0 aromatic heterocycles. The smallest absolute Gasteiger partial charge is 0.335 e. The highest BCUT2D eigenvalue weighted by molar-refractivity contribution is 5.94. The van der Waals surface area contributed by atoms with E-state index in [0.717, 1.165) is 37.9 Å². The van der Waals surface area contributed by atoms with Gasteiger partial charge in [-0.3, -0.25) is 4.79 Å². The molecule has 2 aromatic rings. The first-order chi connectivity index (χ1) is 14.6. The molecule has 2 aliphatic heterocycles. The zero-order chi connectivity index (χ0) is 20.9. The number of ether oxygens (including phenoxy) is 1. The average molecular weight is 408 g/mol. The second kappa shape index (κ2) is 9.30. The lowest BCUT2D eigenvalue weighted by molar-refractivity contribution is 0.0694. The molecule has 6 nitrogen and oxygen atoms in total. The number of carbonyl (C=O) groups is 2. The first-order valence-electron chi connectivity index (χ1n) is 10.7. The Bertz CT molecular complexity index is 873. The molecule has 2 saturated heterocycles. The van der Waals surface area contributed by atoms with Gasteiger partial charge in [-0.2, -0.15) is 0 Å². The fraction of sp³-hybridized carbons (Fsp3) is 0.417. The topological polar surface area (TPSA) is 78.9 Å². The van der Waals surface area contributed by atoms with Gasteiger partial charge in [0, 0.05) is 24.2 Å². The van der Waals surface area contributed by atoms with Crippen molar-refractivity contribution in [2.45, 2.75) is 50.8 Å². The van der Waals surface area contributed by atoms with E-state index in [9.17, 15) is 9.59 Å². The molecule has 2 atom stereocenters. The van der Waals surface area contributed by atoms with Crippen LogP contribution in [0.4, 0.5) is 0 Å². The summed E-state index contributed by atoms with van der Waals surface area (Å²) in [5, 5.41) is 12.5. The lowest BCUT2D eigenvalue weighted by atomic mass is 10.0. The molecule has 2 fully saturated rings. The molecule has 30 heavy (non-hydrogen) atoms. The molecular formula is C24H28N2O4. The number of rotatable bonds is 7.